The van der Waals surface area contributed by atoms with E-state index in [-0.39, 0.29) is 22.5 Å². The van der Waals surface area contributed by atoms with E-state index < -0.39 is 17.4 Å². The van der Waals surface area contributed by atoms with Gasteiger partial charge in [0, 0.05) is 17.0 Å². The Kier molecular flexibility index (Phi) is 7.28. The van der Waals surface area contributed by atoms with Crippen LogP contribution in [0.3, 0.4) is 0 Å². The zero-order valence-electron chi connectivity index (χ0n) is 24.1. The number of benzene rings is 3. The molecule has 6 nitrogen and oxygen atoms in total. The minimum Gasteiger partial charge on any atom is -0.507 e. The van der Waals surface area contributed by atoms with Crippen LogP contribution in [0.1, 0.15) is 93.4 Å². The van der Waals surface area contributed by atoms with Crippen LogP contribution >= 0.6 is 0 Å². The Morgan fingerprint density at radius 3 is 2.05 bits per heavy atom. The highest BCUT2D eigenvalue weighted by Crippen LogP contribution is 2.49. The van der Waals surface area contributed by atoms with Gasteiger partial charge in [-0.05, 0) is 64.3 Å². The zero-order chi connectivity index (χ0) is 28.8. The number of ether oxygens (including phenoxy) is 2. The van der Waals surface area contributed by atoms with Crippen LogP contribution < -0.4 is 14.8 Å². The van der Waals surface area contributed by atoms with Gasteiger partial charge >= 0.3 is 5.97 Å². The second-order valence-corrected chi connectivity index (χ2v) is 12.3. The molecule has 1 amide bonds. The predicted molar refractivity (Wildman–Crippen MR) is 153 cm³/mol. The van der Waals surface area contributed by atoms with Crippen molar-refractivity contribution < 1.29 is 24.2 Å². The average Bonchev–Trinajstić information content (AvgIpc) is 2.88. The smallest absolute Gasteiger partial charge is 0.338 e. The van der Waals surface area contributed by atoms with E-state index in [0.29, 0.717) is 23.5 Å². The van der Waals surface area contributed by atoms with Crippen LogP contribution in [0.4, 0.5) is 0 Å². The van der Waals surface area contributed by atoms with E-state index >= 15 is 0 Å². The number of nitrogens with one attached hydrogen (secondary N) is 1. The van der Waals surface area contributed by atoms with Crippen molar-refractivity contribution in [2.75, 3.05) is 7.11 Å². The summed E-state index contributed by atoms with van der Waals surface area (Å²) in [7, 11) is 1.57. The Hall–Kier alpha value is -3.80. The second kappa shape index (κ2) is 10.1. The van der Waals surface area contributed by atoms with E-state index in [1.165, 1.54) is 0 Å². The van der Waals surface area contributed by atoms with Gasteiger partial charge in [-0.2, -0.15) is 0 Å². The number of carbonyl (C=O) groups excluding carboxylic acids is 2. The first-order chi connectivity index (χ1) is 18.2. The summed E-state index contributed by atoms with van der Waals surface area (Å²) < 4.78 is 11.1. The molecule has 1 aliphatic heterocycles. The van der Waals surface area contributed by atoms with Crippen molar-refractivity contribution in [2.45, 2.75) is 77.2 Å². The number of hydrogen-bond donors (Lipinski definition) is 2. The molecule has 0 aromatic heterocycles. The molecule has 39 heavy (non-hydrogen) atoms. The van der Waals surface area contributed by atoms with Gasteiger partial charge in [-0.1, -0.05) is 78.8 Å². The van der Waals surface area contributed by atoms with Crippen LogP contribution in [0.5, 0.6) is 17.2 Å². The van der Waals surface area contributed by atoms with Gasteiger partial charge in [0.15, 0.2) is 0 Å². The van der Waals surface area contributed by atoms with Gasteiger partial charge in [-0.3, -0.25) is 4.79 Å². The summed E-state index contributed by atoms with van der Waals surface area (Å²) in [6.45, 7) is 14.2. The zero-order valence-corrected chi connectivity index (χ0v) is 24.1. The minimum absolute atomic E-state index is 0.259. The summed E-state index contributed by atoms with van der Waals surface area (Å²) in [6, 6.07) is 18.2. The fraction of sp³-hybridized carbons (Fsp3) is 0.394. The van der Waals surface area contributed by atoms with Crippen molar-refractivity contribution in [3.63, 3.8) is 0 Å². The number of phenolic OH excluding ortho intramolecular Hbond substituents is 1. The number of methoxy groups -OCH3 is 1. The molecule has 0 bridgehead atoms. The quantitative estimate of drug-likeness (QED) is 0.286. The molecule has 0 aliphatic carbocycles. The fourth-order valence-electron chi connectivity index (χ4n) is 5.39. The van der Waals surface area contributed by atoms with E-state index in [1.807, 2.05) is 37.3 Å². The maximum absolute atomic E-state index is 13.9. The van der Waals surface area contributed by atoms with Crippen LogP contribution in [0, 0.1) is 0 Å². The molecular formula is C33H39NO5. The Morgan fingerprint density at radius 1 is 0.974 bits per heavy atom. The van der Waals surface area contributed by atoms with Gasteiger partial charge < -0.3 is 19.9 Å². The number of hydrogen-bond acceptors (Lipinski definition) is 5. The molecule has 3 aromatic rings. The number of carbonyl (C=O) groups is 2. The minimum atomic E-state index is -1.38. The summed E-state index contributed by atoms with van der Waals surface area (Å²) in [6.07, 6.45) is 0.295. The lowest BCUT2D eigenvalue weighted by atomic mass is 9.68. The van der Waals surface area contributed by atoms with E-state index in [2.05, 4.69) is 46.9 Å². The Bertz CT molecular complexity index is 1360. The summed E-state index contributed by atoms with van der Waals surface area (Å²) in [5, 5.41) is 14.5. The molecule has 206 valence electrons. The van der Waals surface area contributed by atoms with Crippen LogP contribution in [-0.2, 0) is 15.6 Å². The third kappa shape index (κ3) is 5.12. The topological polar surface area (TPSA) is 84.9 Å². The fourth-order valence-corrected chi connectivity index (χ4v) is 5.39. The number of para-hydroxylation sites is 1. The molecule has 1 aliphatic rings. The second-order valence-electron chi connectivity index (χ2n) is 12.3. The first-order valence-electron chi connectivity index (χ1n) is 13.4. The molecule has 0 unspecified atom stereocenters. The van der Waals surface area contributed by atoms with Crippen LogP contribution in [0.25, 0.3) is 0 Å². The summed E-state index contributed by atoms with van der Waals surface area (Å²) in [5.74, 6) is -0.0863. The van der Waals surface area contributed by atoms with Crippen molar-refractivity contribution in [2.24, 2.45) is 0 Å². The lowest BCUT2D eigenvalue weighted by Crippen LogP contribution is -2.61. The Morgan fingerprint density at radius 2 is 1.54 bits per heavy atom. The Labute approximate surface area is 231 Å². The molecule has 1 heterocycles. The first kappa shape index (κ1) is 28.2. The van der Waals surface area contributed by atoms with Crippen LogP contribution in [0.2, 0.25) is 0 Å². The van der Waals surface area contributed by atoms with Gasteiger partial charge in [0.1, 0.15) is 22.8 Å². The molecule has 0 saturated carbocycles. The molecule has 3 aromatic carbocycles. The molecule has 0 saturated heterocycles. The molecule has 0 fully saturated rings. The molecule has 0 spiro atoms. The van der Waals surface area contributed by atoms with Gasteiger partial charge in [-0.25, -0.2) is 4.79 Å². The maximum atomic E-state index is 13.9. The number of esters is 1. The molecule has 4 rings (SSSR count). The van der Waals surface area contributed by atoms with E-state index in [4.69, 9.17) is 9.47 Å². The first-order valence-corrected chi connectivity index (χ1v) is 13.4. The van der Waals surface area contributed by atoms with Gasteiger partial charge in [0.25, 0.3) is 5.91 Å². The highest BCUT2D eigenvalue weighted by molar-refractivity contribution is 6.00. The van der Waals surface area contributed by atoms with Gasteiger partial charge in [-0.15, -0.1) is 0 Å². The summed E-state index contributed by atoms with van der Waals surface area (Å²) in [5.41, 5.74) is 1.51. The highest BCUT2D eigenvalue weighted by Gasteiger charge is 2.53. The number of phenols is 1. The van der Waals surface area contributed by atoms with E-state index in [1.54, 1.807) is 37.4 Å². The number of aromatic hydroxyl groups is 1. The van der Waals surface area contributed by atoms with Crippen LogP contribution in [-0.4, -0.2) is 29.6 Å². The number of fused-ring (bicyclic) bond motifs is 1. The summed E-state index contributed by atoms with van der Waals surface area (Å²) >= 11 is 0. The summed E-state index contributed by atoms with van der Waals surface area (Å²) in [4.78, 5) is 27.5. The lowest BCUT2D eigenvalue weighted by Gasteiger charge is -2.43. The van der Waals surface area contributed by atoms with E-state index in [9.17, 15) is 14.7 Å². The third-order valence-electron chi connectivity index (χ3n) is 7.62. The van der Waals surface area contributed by atoms with Crippen molar-refractivity contribution in [1.29, 1.82) is 0 Å². The molecular weight excluding hydrogens is 490 g/mol. The SMILES string of the molecule is CC[C@]1(NC(=O)c2ccc(OC)cc2)C(=O)Oc2ccccc2[C@@H]1c1cc(C(C)(C)C)c(O)c(C(C)(C)C)c1. The molecule has 2 atom stereocenters. The maximum Gasteiger partial charge on any atom is 0.338 e. The third-order valence-corrected chi connectivity index (χ3v) is 7.62. The van der Waals surface area contributed by atoms with Crippen molar-refractivity contribution in [3.8, 4) is 17.2 Å². The Balaban J connectivity index is 1.97. The van der Waals surface area contributed by atoms with Crippen LogP contribution in [0.15, 0.2) is 60.7 Å². The van der Waals surface area contributed by atoms with Crippen molar-refractivity contribution in [1.82, 2.24) is 5.32 Å². The lowest BCUT2D eigenvalue weighted by molar-refractivity contribution is -0.144. The van der Waals surface area contributed by atoms with Gasteiger partial charge in [0.05, 0.1) is 7.11 Å². The monoisotopic (exact) mass is 529 g/mol. The number of amides is 1. The standard InChI is InChI=1S/C33H39NO5/c1-9-33(34-29(36)20-14-16-22(38-8)17-15-20)27(23-12-10-11-13-26(23)39-30(33)37)21-18-24(31(2,3)4)28(35)25(19-21)32(5,6)7/h10-19,27,35H,9H2,1-8H3,(H,34,36)/t27-,33+/m0/s1. The van der Waals surface area contributed by atoms with Gasteiger partial charge in [0.2, 0.25) is 0 Å². The largest absolute Gasteiger partial charge is 0.507 e. The van der Waals surface area contributed by atoms with Crippen molar-refractivity contribution >= 4 is 11.9 Å². The highest BCUT2D eigenvalue weighted by atomic mass is 16.5. The predicted octanol–water partition coefficient (Wildman–Crippen LogP) is 6.63. The average molecular weight is 530 g/mol. The molecule has 0 radical (unpaired) electrons. The van der Waals surface area contributed by atoms with Crippen molar-refractivity contribution in [3.05, 3.63) is 88.5 Å². The normalized spacial score (nSPS) is 19.2. The molecule has 6 heteroatoms. The molecule has 2 N–H and O–H groups in total. The number of rotatable bonds is 5. The van der Waals surface area contributed by atoms with E-state index in [0.717, 1.165) is 22.3 Å².